The van der Waals surface area contributed by atoms with Crippen molar-refractivity contribution in [2.75, 3.05) is 5.32 Å². The van der Waals surface area contributed by atoms with Gasteiger partial charge in [-0.05, 0) is 36.8 Å². The van der Waals surface area contributed by atoms with Crippen LogP contribution in [-0.4, -0.2) is 25.7 Å². The third kappa shape index (κ3) is 4.19. The van der Waals surface area contributed by atoms with Gasteiger partial charge in [0.1, 0.15) is 5.82 Å². The third-order valence-electron chi connectivity index (χ3n) is 4.38. The van der Waals surface area contributed by atoms with Crippen LogP contribution in [0.1, 0.15) is 21.5 Å². The summed E-state index contributed by atoms with van der Waals surface area (Å²) in [4.78, 5) is 21.5. The number of benzene rings is 2. The summed E-state index contributed by atoms with van der Waals surface area (Å²) in [6, 6.07) is 17.2. The van der Waals surface area contributed by atoms with Gasteiger partial charge in [0, 0.05) is 24.5 Å². The van der Waals surface area contributed by atoms with E-state index in [1.165, 1.54) is 23.0 Å². The molecular weight excluding hydrogens is 369 g/mol. The number of hydrogen-bond donors (Lipinski definition) is 1. The molecule has 29 heavy (non-hydrogen) atoms. The highest BCUT2D eigenvalue weighted by Crippen LogP contribution is 2.20. The van der Waals surface area contributed by atoms with Crippen molar-refractivity contribution in [3.05, 3.63) is 95.6 Å². The van der Waals surface area contributed by atoms with E-state index in [4.69, 9.17) is 0 Å². The summed E-state index contributed by atoms with van der Waals surface area (Å²) in [5.74, 6) is 0.0958. The van der Waals surface area contributed by atoms with Crippen LogP contribution in [0, 0.1) is 12.7 Å². The fourth-order valence-electron chi connectivity index (χ4n) is 2.79. The number of carbonyl (C=O) groups is 1. The second-order valence-corrected chi connectivity index (χ2v) is 6.56. The molecule has 0 aliphatic heterocycles. The van der Waals surface area contributed by atoms with Crippen molar-refractivity contribution in [1.82, 2.24) is 19.7 Å². The SMILES string of the molecule is Cc1ccc(-c2nc(NCc3ccc(F)cc3)n(C(=O)c3cccnc3)n2)cc1. The molecule has 1 N–H and O–H groups in total. The van der Waals surface area contributed by atoms with Crippen LogP contribution in [0.15, 0.2) is 73.1 Å². The number of hydrogen-bond acceptors (Lipinski definition) is 5. The van der Waals surface area contributed by atoms with Gasteiger partial charge in [0.2, 0.25) is 5.95 Å². The third-order valence-corrected chi connectivity index (χ3v) is 4.38. The Morgan fingerprint density at radius 3 is 2.52 bits per heavy atom. The predicted molar refractivity (Wildman–Crippen MR) is 108 cm³/mol. The lowest BCUT2D eigenvalue weighted by molar-refractivity contribution is 0.0947. The first-order chi connectivity index (χ1) is 14.1. The van der Waals surface area contributed by atoms with E-state index in [0.29, 0.717) is 23.9 Å². The topological polar surface area (TPSA) is 72.7 Å². The van der Waals surface area contributed by atoms with Gasteiger partial charge in [0.25, 0.3) is 5.91 Å². The molecule has 0 saturated carbocycles. The Labute approximate surface area is 167 Å². The Morgan fingerprint density at radius 2 is 1.83 bits per heavy atom. The Balaban J connectivity index is 1.68. The normalized spacial score (nSPS) is 10.7. The summed E-state index contributed by atoms with van der Waals surface area (Å²) in [5.41, 5.74) is 3.18. The number of nitrogens with zero attached hydrogens (tertiary/aromatic N) is 4. The second kappa shape index (κ2) is 8.02. The Morgan fingerprint density at radius 1 is 1.07 bits per heavy atom. The van der Waals surface area contributed by atoms with Crippen LogP contribution in [0.25, 0.3) is 11.4 Å². The molecular formula is C22H18FN5O. The first-order valence-corrected chi connectivity index (χ1v) is 9.07. The van der Waals surface area contributed by atoms with E-state index >= 15 is 0 Å². The van der Waals surface area contributed by atoms with E-state index in [2.05, 4.69) is 20.4 Å². The van der Waals surface area contributed by atoms with Gasteiger partial charge < -0.3 is 5.32 Å². The summed E-state index contributed by atoms with van der Waals surface area (Å²) >= 11 is 0. The predicted octanol–water partition coefficient (Wildman–Crippen LogP) is 4.09. The highest BCUT2D eigenvalue weighted by Gasteiger charge is 2.19. The van der Waals surface area contributed by atoms with Crippen LogP contribution in [0.4, 0.5) is 10.3 Å². The molecule has 7 heteroatoms. The molecule has 0 saturated heterocycles. The van der Waals surface area contributed by atoms with E-state index in [1.54, 1.807) is 30.5 Å². The summed E-state index contributed by atoms with van der Waals surface area (Å²) in [6.45, 7) is 2.37. The lowest BCUT2D eigenvalue weighted by Gasteiger charge is -2.07. The molecule has 0 spiro atoms. The van der Waals surface area contributed by atoms with Gasteiger partial charge in [-0.1, -0.05) is 42.0 Å². The zero-order valence-corrected chi connectivity index (χ0v) is 15.7. The lowest BCUT2D eigenvalue weighted by atomic mass is 10.1. The van der Waals surface area contributed by atoms with Crippen molar-refractivity contribution in [1.29, 1.82) is 0 Å². The molecule has 0 fully saturated rings. The molecule has 0 amide bonds. The van der Waals surface area contributed by atoms with Gasteiger partial charge in [0.05, 0.1) is 5.56 Å². The van der Waals surface area contributed by atoms with Gasteiger partial charge in [-0.3, -0.25) is 9.78 Å². The minimum absolute atomic E-state index is 0.301. The monoisotopic (exact) mass is 387 g/mol. The summed E-state index contributed by atoms with van der Waals surface area (Å²) in [5, 5.41) is 7.55. The van der Waals surface area contributed by atoms with Crippen molar-refractivity contribution in [3.63, 3.8) is 0 Å². The molecule has 0 atom stereocenters. The van der Waals surface area contributed by atoms with Crippen LogP contribution in [-0.2, 0) is 6.54 Å². The maximum absolute atomic E-state index is 13.1. The molecule has 0 aliphatic carbocycles. The number of halogens is 1. The van der Waals surface area contributed by atoms with Gasteiger partial charge >= 0.3 is 0 Å². The Bertz CT molecular complexity index is 1120. The fourth-order valence-corrected chi connectivity index (χ4v) is 2.79. The van der Waals surface area contributed by atoms with Crippen LogP contribution in [0.2, 0.25) is 0 Å². The first kappa shape index (κ1) is 18.5. The summed E-state index contributed by atoms with van der Waals surface area (Å²) in [7, 11) is 0. The second-order valence-electron chi connectivity index (χ2n) is 6.56. The van der Waals surface area contributed by atoms with Crippen LogP contribution in [0.5, 0.6) is 0 Å². The Hall–Kier alpha value is -3.87. The van der Waals surface area contributed by atoms with Crippen LogP contribution in [0.3, 0.4) is 0 Å². The quantitative estimate of drug-likeness (QED) is 0.558. The largest absolute Gasteiger partial charge is 0.350 e. The van der Waals surface area contributed by atoms with Gasteiger partial charge in [-0.25, -0.2) is 4.39 Å². The van der Waals surface area contributed by atoms with E-state index in [-0.39, 0.29) is 11.7 Å². The summed E-state index contributed by atoms with van der Waals surface area (Å²) in [6.07, 6.45) is 3.09. The van der Waals surface area contributed by atoms with Gasteiger partial charge in [-0.15, -0.1) is 5.10 Å². The van der Waals surface area contributed by atoms with E-state index < -0.39 is 0 Å². The highest BCUT2D eigenvalue weighted by atomic mass is 19.1. The number of rotatable bonds is 5. The number of aromatic nitrogens is 4. The van der Waals surface area contributed by atoms with Crippen LogP contribution < -0.4 is 5.32 Å². The molecule has 0 aliphatic rings. The minimum Gasteiger partial charge on any atom is -0.350 e. The van der Waals surface area contributed by atoms with E-state index in [1.807, 2.05) is 31.2 Å². The fraction of sp³-hybridized carbons (Fsp3) is 0.0909. The summed E-state index contributed by atoms with van der Waals surface area (Å²) < 4.78 is 14.4. The molecule has 144 valence electrons. The average Bonchev–Trinajstić information content (AvgIpc) is 3.18. The molecule has 0 bridgehead atoms. The van der Waals surface area contributed by atoms with Crippen molar-refractivity contribution >= 4 is 11.9 Å². The Kier molecular flexibility index (Phi) is 5.11. The molecule has 2 aromatic heterocycles. The van der Waals surface area contributed by atoms with E-state index in [0.717, 1.165) is 16.7 Å². The zero-order chi connectivity index (χ0) is 20.2. The van der Waals surface area contributed by atoms with Crippen molar-refractivity contribution in [2.24, 2.45) is 0 Å². The molecule has 0 unspecified atom stereocenters. The number of nitrogens with one attached hydrogen (secondary N) is 1. The van der Waals surface area contributed by atoms with E-state index in [9.17, 15) is 9.18 Å². The number of carbonyl (C=O) groups excluding carboxylic acids is 1. The molecule has 6 nitrogen and oxygen atoms in total. The number of aryl methyl sites for hydroxylation is 1. The zero-order valence-electron chi connectivity index (χ0n) is 15.7. The van der Waals surface area contributed by atoms with Crippen LogP contribution >= 0.6 is 0 Å². The molecule has 4 rings (SSSR count). The molecule has 2 aromatic carbocycles. The van der Waals surface area contributed by atoms with Crippen molar-refractivity contribution < 1.29 is 9.18 Å². The van der Waals surface area contributed by atoms with Gasteiger partial charge in [0.15, 0.2) is 5.82 Å². The van der Waals surface area contributed by atoms with Crippen molar-refractivity contribution in [2.45, 2.75) is 13.5 Å². The standard InChI is InChI=1S/C22H18FN5O/c1-15-4-8-17(9-5-15)20-26-22(25-13-16-6-10-19(23)11-7-16)28(27-20)21(29)18-3-2-12-24-14-18/h2-12,14H,13H2,1H3,(H,25,26,27). The minimum atomic E-state index is -0.342. The average molecular weight is 387 g/mol. The number of anilines is 1. The maximum atomic E-state index is 13.1. The maximum Gasteiger partial charge on any atom is 0.282 e. The smallest absolute Gasteiger partial charge is 0.282 e. The van der Waals surface area contributed by atoms with Crippen molar-refractivity contribution in [3.8, 4) is 11.4 Å². The highest BCUT2D eigenvalue weighted by molar-refractivity contribution is 5.96. The van der Waals surface area contributed by atoms with Gasteiger partial charge in [-0.2, -0.15) is 9.67 Å². The first-order valence-electron chi connectivity index (χ1n) is 9.07. The number of pyridine rings is 1. The molecule has 4 aromatic rings. The molecule has 2 heterocycles. The lowest BCUT2D eigenvalue weighted by Crippen LogP contribution is -2.17. The molecule has 0 radical (unpaired) electrons.